The predicted octanol–water partition coefficient (Wildman–Crippen LogP) is 2.53. The van der Waals surface area contributed by atoms with Crippen LogP contribution < -0.4 is 5.32 Å². The van der Waals surface area contributed by atoms with Crippen LogP contribution in [0, 0.1) is 12.8 Å². The lowest BCUT2D eigenvalue weighted by Gasteiger charge is -2.20. The topological polar surface area (TPSA) is 55.9 Å². The van der Waals surface area contributed by atoms with E-state index in [1.54, 1.807) is 6.92 Å². The first-order chi connectivity index (χ1) is 9.10. The number of nitrogens with one attached hydrogen (secondary N) is 1. The van der Waals surface area contributed by atoms with Gasteiger partial charge in [0.05, 0.1) is 6.54 Å². The van der Waals surface area contributed by atoms with Gasteiger partial charge in [-0.1, -0.05) is 25.9 Å². The van der Waals surface area contributed by atoms with Gasteiger partial charge >= 0.3 is 0 Å². The van der Waals surface area contributed by atoms with E-state index in [0.29, 0.717) is 30.2 Å². The molecule has 0 saturated carbocycles. The SMILES string of the molecule is CCNC(c1ccn(Cc2noc(C)n2)c1)C(C)C. The highest BCUT2D eigenvalue weighted by molar-refractivity contribution is 5.16. The van der Waals surface area contributed by atoms with Crippen LogP contribution in [0.2, 0.25) is 0 Å². The number of hydrogen-bond acceptors (Lipinski definition) is 4. The Labute approximate surface area is 114 Å². The Balaban J connectivity index is 2.09. The van der Waals surface area contributed by atoms with E-state index in [4.69, 9.17) is 4.52 Å². The normalized spacial score (nSPS) is 13.1. The van der Waals surface area contributed by atoms with Crippen molar-refractivity contribution in [1.82, 2.24) is 20.0 Å². The molecule has 0 aliphatic heterocycles. The minimum absolute atomic E-state index is 0.387. The van der Waals surface area contributed by atoms with Crippen molar-refractivity contribution < 1.29 is 4.52 Å². The average Bonchev–Trinajstić information content (AvgIpc) is 2.96. The fraction of sp³-hybridized carbons (Fsp3) is 0.571. The van der Waals surface area contributed by atoms with Gasteiger partial charge in [-0.2, -0.15) is 4.98 Å². The van der Waals surface area contributed by atoms with Crippen molar-refractivity contribution in [3.8, 4) is 0 Å². The summed E-state index contributed by atoms with van der Waals surface area (Å²) in [4.78, 5) is 4.22. The van der Waals surface area contributed by atoms with E-state index in [1.165, 1.54) is 5.56 Å². The Morgan fingerprint density at radius 1 is 1.42 bits per heavy atom. The molecular weight excluding hydrogens is 240 g/mol. The highest BCUT2D eigenvalue weighted by Gasteiger charge is 2.15. The summed E-state index contributed by atoms with van der Waals surface area (Å²) in [6.45, 7) is 10.0. The number of rotatable bonds is 6. The van der Waals surface area contributed by atoms with Crippen molar-refractivity contribution in [3.05, 3.63) is 35.7 Å². The lowest BCUT2D eigenvalue weighted by Crippen LogP contribution is -2.25. The van der Waals surface area contributed by atoms with Gasteiger partial charge in [0.1, 0.15) is 0 Å². The van der Waals surface area contributed by atoms with Gasteiger partial charge < -0.3 is 14.4 Å². The van der Waals surface area contributed by atoms with E-state index in [9.17, 15) is 0 Å². The molecule has 104 valence electrons. The Kier molecular flexibility index (Phi) is 4.37. The largest absolute Gasteiger partial charge is 0.346 e. The smallest absolute Gasteiger partial charge is 0.223 e. The summed E-state index contributed by atoms with van der Waals surface area (Å²) in [6.07, 6.45) is 4.22. The van der Waals surface area contributed by atoms with E-state index >= 15 is 0 Å². The molecule has 0 saturated heterocycles. The van der Waals surface area contributed by atoms with Gasteiger partial charge in [-0.3, -0.25) is 0 Å². The Bertz CT molecular complexity index is 515. The Morgan fingerprint density at radius 2 is 2.21 bits per heavy atom. The van der Waals surface area contributed by atoms with E-state index in [-0.39, 0.29) is 0 Å². The molecule has 0 amide bonds. The molecule has 2 rings (SSSR count). The van der Waals surface area contributed by atoms with Crippen LogP contribution in [0.3, 0.4) is 0 Å². The van der Waals surface area contributed by atoms with Crippen molar-refractivity contribution in [3.63, 3.8) is 0 Å². The molecule has 1 atom stereocenters. The molecule has 0 fully saturated rings. The monoisotopic (exact) mass is 262 g/mol. The zero-order valence-corrected chi connectivity index (χ0v) is 12.1. The molecule has 0 radical (unpaired) electrons. The first-order valence-corrected chi connectivity index (χ1v) is 6.78. The third-order valence-electron chi connectivity index (χ3n) is 3.12. The summed E-state index contributed by atoms with van der Waals surface area (Å²) in [5.41, 5.74) is 1.30. The quantitative estimate of drug-likeness (QED) is 0.869. The predicted molar refractivity (Wildman–Crippen MR) is 73.8 cm³/mol. The first-order valence-electron chi connectivity index (χ1n) is 6.78. The number of hydrogen-bond donors (Lipinski definition) is 1. The second-order valence-corrected chi connectivity index (χ2v) is 5.13. The second-order valence-electron chi connectivity index (χ2n) is 5.13. The summed E-state index contributed by atoms with van der Waals surface area (Å²) >= 11 is 0. The zero-order valence-electron chi connectivity index (χ0n) is 12.1. The van der Waals surface area contributed by atoms with Crippen molar-refractivity contribution in [2.24, 2.45) is 5.92 Å². The Hall–Kier alpha value is -1.62. The third kappa shape index (κ3) is 3.44. The summed E-state index contributed by atoms with van der Waals surface area (Å²) in [5.74, 6) is 1.88. The molecule has 2 aromatic rings. The van der Waals surface area contributed by atoms with Gasteiger partial charge in [0.15, 0.2) is 5.82 Å². The van der Waals surface area contributed by atoms with Gasteiger partial charge in [-0.15, -0.1) is 0 Å². The van der Waals surface area contributed by atoms with Crippen LogP contribution in [0.1, 0.15) is 44.1 Å². The standard InChI is InChI=1S/C14H22N4O/c1-5-15-14(10(2)3)12-6-7-18(8-12)9-13-16-11(4)19-17-13/h6-8,10,14-15H,5,9H2,1-4H3. The summed E-state index contributed by atoms with van der Waals surface area (Å²) in [5, 5.41) is 7.43. The molecule has 0 aliphatic rings. The van der Waals surface area contributed by atoms with Crippen molar-refractivity contribution >= 4 is 0 Å². The lowest BCUT2D eigenvalue weighted by molar-refractivity contribution is 0.386. The molecule has 1 unspecified atom stereocenters. The van der Waals surface area contributed by atoms with Crippen molar-refractivity contribution in [1.29, 1.82) is 0 Å². The number of aryl methyl sites for hydroxylation is 1. The van der Waals surface area contributed by atoms with Gasteiger partial charge in [0.25, 0.3) is 0 Å². The molecule has 0 aliphatic carbocycles. The van der Waals surface area contributed by atoms with Gasteiger partial charge in [0, 0.05) is 25.4 Å². The molecule has 2 heterocycles. The van der Waals surface area contributed by atoms with Crippen LogP contribution in [-0.4, -0.2) is 21.3 Å². The van der Waals surface area contributed by atoms with Crippen LogP contribution in [0.15, 0.2) is 23.0 Å². The highest BCUT2D eigenvalue weighted by Crippen LogP contribution is 2.22. The fourth-order valence-corrected chi connectivity index (χ4v) is 2.27. The van der Waals surface area contributed by atoms with Gasteiger partial charge in [-0.05, 0) is 24.1 Å². The van der Waals surface area contributed by atoms with Crippen LogP contribution in [-0.2, 0) is 6.54 Å². The van der Waals surface area contributed by atoms with Crippen LogP contribution >= 0.6 is 0 Å². The van der Waals surface area contributed by atoms with Crippen LogP contribution in [0.5, 0.6) is 0 Å². The van der Waals surface area contributed by atoms with E-state index in [1.807, 2.05) is 0 Å². The van der Waals surface area contributed by atoms with Gasteiger partial charge in [0.2, 0.25) is 5.89 Å². The average molecular weight is 262 g/mol. The molecule has 19 heavy (non-hydrogen) atoms. The van der Waals surface area contributed by atoms with Crippen LogP contribution in [0.25, 0.3) is 0 Å². The number of nitrogens with zero attached hydrogens (tertiary/aromatic N) is 3. The van der Waals surface area contributed by atoms with Crippen LogP contribution in [0.4, 0.5) is 0 Å². The molecule has 5 nitrogen and oxygen atoms in total. The number of aromatic nitrogens is 3. The van der Waals surface area contributed by atoms with E-state index in [0.717, 1.165) is 6.54 Å². The highest BCUT2D eigenvalue weighted by atomic mass is 16.5. The molecule has 2 aromatic heterocycles. The maximum Gasteiger partial charge on any atom is 0.223 e. The van der Waals surface area contributed by atoms with Crippen molar-refractivity contribution in [2.45, 2.75) is 40.3 Å². The molecule has 0 aromatic carbocycles. The van der Waals surface area contributed by atoms with Gasteiger partial charge in [-0.25, -0.2) is 0 Å². The third-order valence-corrected chi connectivity index (χ3v) is 3.12. The maximum atomic E-state index is 4.98. The summed E-state index contributed by atoms with van der Waals surface area (Å²) < 4.78 is 7.07. The Morgan fingerprint density at radius 3 is 2.79 bits per heavy atom. The fourth-order valence-electron chi connectivity index (χ4n) is 2.27. The lowest BCUT2D eigenvalue weighted by atomic mass is 9.98. The molecule has 5 heteroatoms. The van der Waals surface area contributed by atoms with Crippen molar-refractivity contribution in [2.75, 3.05) is 6.54 Å². The minimum atomic E-state index is 0.387. The molecule has 0 spiro atoms. The van der Waals surface area contributed by atoms with E-state index in [2.05, 4.69) is 59.3 Å². The van der Waals surface area contributed by atoms with E-state index < -0.39 is 0 Å². The minimum Gasteiger partial charge on any atom is -0.346 e. The first kappa shape index (κ1) is 13.8. The molecule has 0 bridgehead atoms. The molecule has 1 N–H and O–H groups in total. The summed E-state index contributed by atoms with van der Waals surface area (Å²) in [6, 6.07) is 2.54. The second kappa shape index (κ2) is 6.02. The maximum absolute atomic E-state index is 4.98. The zero-order chi connectivity index (χ0) is 13.8. The summed E-state index contributed by atoms with van der Waals surface area (Å²) in [7, 11) is 0. The molecular formula is C14H22N4O.